The van der Waals surface area contributed by atoms with Gasteiger partial charge >= 0.3 is 5.97 Å². The average molecular weight is 223 g/mol. The second kappa shape index (κ2) is 4.09. The van der Waals surface area contributed by atoms with Gasteiger partial charge in [-0.2, -0.15) is 0 Å². The Labute approximate surface area is 90.7 Å². The SMILES string of the molecule is CC(=O)c1ccc(C(=O)O)c([N+](=O)[O-])c1C. The molecule has 1 aromatic carbocycles. The molecule has 1 N–H and O–H groups in total. The van der Waals surface area contributed by atoms with Crippen molar-refractivity contribution in [2.75, 3.05) is 0 Å². The molecule has 0 heterocycles. The van der Waals surface area contributed by atoms with E-state index in [0.29, 0.717) is 0 Å². The van der Waals surface area contributed by atoms with E-state index in [4.69, 9.17) is 5.11 Å². The van der Waals surface area contributed by atoms with Gasteiger partial charge in [0.15, 0.2) is 5.78 Å². The van der Waals surface area contributed by atoms with E-state index in [1.54, 1.807) is 0 Å². The van der Waals surface area contributed by atoms with E-state index in [0.717, 1.165) is 6.07 Å². The quantitative estimate of drug-likeness (QED) is 0.478. The Kier molecular flexibility index (Phi) is 3.03. The molecule has 6 nitrogen and oxygen atoms in total. The normalized spacial score (nSPS) is 9.88. The second-order valence-electron chi connectivity index (χ2n) is 3.25. The van der Waals surface area contributed by atoms with Crippen molar-refractivity contribution in [3.05, 3.63) is 38.9 Å². The first-order valence-electron chi connectivity index (χ1n) is 4.38. The van der Waals surface area contributed by atoms with E-state index in [1.807, 2.05) is 0 Å². The second-order valence-corrected chi connectivity index (χ2v) is 3.25. The molecular weight excluding hydrogens is 214 g/mol. The van der Waals surface area contributed by atoms with Gasteiger partial charge in [-0.3, -0.25) is 14.9 Å². The van der Waals surface area contributed by atoms with Gasteiger partial charge in [0.1, 0.15) is 5.56 Å². The van der Waals surface area contributed by atoms with Crippen LogP contribution in [0.5, 0.6) is 0 Å². The van der Waals surface area contributed by atoms with E-state index in [1.165, 1.54) is 19.9 Å². The van der Waals surface area contributed by atoms with Crippen molar-refractivity contribution in [2.45, 2.75) is 13.8 Å². The highest BCUT2D eigenvalue weighted by atomic mass is 16.6. The third-order valence-electron chi connectivity index (χ3n) is 2.22. The van der Waals surface area contributed by atoms with Gasteiger partial charge in [-0.05, 0) is 26.0 Å². The van der Waals surface area contributed by atoms with Gasteiger partial charge in [-0.15, -0.1) is 0 Å². The minimum Gasteiger partial charge on any atom is -0.477 e. The number of benzene rings is 1. The third kappa shape index (κ3) is 1.90. The first-order valence-corrected chi connectivity index (χ1v) is 4.38. The standard InChI is InChI=1S/C10H9NO5/c1-5-7(6(2)12)3-4-8(10(13)14)9(5)11(15)16/h3-4H,1-2H3,(H,13,14). The van der Waals surface area contributed by atoms with Crippen LogP contribution in [-0.2, 0) is 0 Å². The van der Waals surface area contributed by atoms with Crippen molar-refractivity contribution < 1.29 is 19.6 Å². The number of nitro benzene ring substituents is 1. The molecular formula is C10H9NO5. The van der Waals surface area contributed by atoms with Gasteiger partial charge in [0.25, 0.3) is 5.69 Å². The van der Waals surface area contributed by atoms with Gasteiger partial charge in [0, 0.05) is 11.1 Å². The number of hydrogen-bond acceptors (Lipinski definition) is 4. The Morgan fingerprint density at radius 1 is 1.31 bits per heavy atom. The van der Waals surface area contributed by atoms with Crippen molar-refractivity contribution >= 4 is 17.4 Å². The number of carboxylic acid groups (broad SMARTS) is 1. The van der Waals surface area contributed by atoms with Gasteiger partial charge in [0.05, 0.1) is 4.92 Å². The smallest absolute Gasteiger partial charge is 0.342 e. The maximum Gasteiger partial charge on any atom is 0.342 e. The van der Waals surface area contributed by atoms with Crippen LogP contribution >= 0.6 is 0 Å². The summed E-state index contributed by atoms with van der Waals surface area (Å²) < 4.78 is 0. The zero-order valence-corrected chi connectivity index (χ0v) is 8.68. The molecule has 0 saturated carbocycles. The van der Waals surface area contributed by atoms with E-state index >= 15 is 0 Å². The van der Waals surface area contributed by atoms with Crippen LogP contribution in [0, 0.1) is 17.0 Å². The number of rotatable bonds is 3. The lowest BCUT2D eigenvalue weighted by Crippen LogP contribution is -2.08. The highest BCUT2D eigenvalue weighted by Gasteiger charge is 2.25. The summed E-state index contributed by atoms with van der Waals surface area (Å²) in [6.45, 7) is 2.63. The third-order valence-corrected chi connectivity index (χ3v) is 2.22. The average Bonchev–Trinajstić information content (AvgIpc) is 2.15. The van der Waals surface area contributed by atoms with Crippen molar-refractivity contribution in [3.8, 4) is 0 Å². The molecule has 0 radical (unpaired) electrons. The Morgan fingerprint density at radius 3 is 2.19 bits per heavy atom. The molecule has 0 bridgehead atoms. The summed E-state index contributed by atoms with van der Waals surface area (Å²) in [5.41, 5.74) is -0.693. The Bertz CT molecular complexity index is 492. The number of nitrogens with zero attached hydrogens (tertiary/aromatic N) is 1. The lowest BCUT2D eigenvalue weighted by molar-refractivity contribution is -0.385. The fourth-order valence-corrected chi connectivity index (χ4v) is 1.49. The number of carbonyl (C=O) groups is 2. The predicted molar refractivity (Wildman–Crippen MR) is 54.8 cm³/mol. The lowest BCUT2D eigenvalue weighted by atomic mass is 10.00. The molecule has 0 amide bonds. The summed E-state index contributed by atoms with van der Waals surface area (Å²) >= 11 is 0. The molecule has 1 aromatic rings. The number of carboxylic acids is 1. The Morgan fingerprint density at radius 2 is 1.81 bits per heavy atom. The van der Waals surface area contributed by atoms with Crippen molar-refractivity contribution in [1.29, 1.82) is 0 Å². The van der Waals surface area contributed by atoms with Crippen LogP contribution in [-0.4, -0.2) is 21.8 Å². The highest BCUT2D eigenvalue weighted by Crippen LogP contribution is 2.26. The predicted octanol–water partition coefficient (Wildman–Crippen LogP) is 1.80. The van der Waals surface area contributed by atoms with Gasteiger partial charge < -0.3 is 5.11 Å². The van der Waals surface area contributed by atoms with Crippen molar-refractivity contribution in [1.82, 2.24) is 0 Å². The summed E-state index contributed by atoms with van der Waals surface area (Å²) in [7, 11) is 0. The summed E-state index contributed by atoms with van der Waals surface area (Å²) in [5.74, 6) is -1.72. The number of Topliss-reactive ketones (excluding diaryl/α,β-unsaturated/α-hetero) is 1. The van der Waals surface area contributed by atoms with Crippen LogP contribution in [0.1, 0.15) is 33.2 Å². The topological polar surface area (TPSA) is 97.5 Å². The lowest BCUT2D eigenvalue weighted by Gasteiger charge is -2.05. The van der Waals surface area contributed by atoms with E-state index < -0.39 is 22.1 Å². The van der Waals surface area contributed by atoms with Crippen LogP contribution in [0.4, 0.5) is 5.69 Å². The van der Waals surface area contributed by atoms with Gasteiger partial charge in [-0.25, -0.2) is 4.79 Å². The number of nitro groups is 1. The Hall–Kier alpha value is -2.24. The van der Waals surface area contributed by atoms with E-state index in [2.05, 4.69) is 0 Å². The molecule has 0 atom stereocenters. The monoisotopic (exact) mass is 223 g/mol. The van der Waals surface area contributed by atoms with Crippen LogP contribution in [0.15, 0.2) is 12.1 Å². The van der Waals surface area contributed by atoms with Crippen LogP contribution in [0.3, 0.4) is 0 Å². The Balaban J connectivity index is 3.60. The molecule has 0 fully saturated rings. The molecule has 1 rings (SSSR count). The number of ketones is 1. The number of aromatic carboxylic acids is 1. The molecule has 0 aliphatic carbocycles. The minimum atomic E-state index is -1.38. The fraction of sp³-hybridized carbons (Fsp3) is 0.200. The van der Waals surface area contributed by atoms with Crippen molar-refractivity contribution in [3.63, 3.8) is 0 Å². The fourth-order valence-electron chi connectivity index (χ4n) is 1.49. The molecule has 0 aliphatic heterocycles. The van der Waals surface area contributed by atoms with Gasteiger partial charge in [-0.1, -0.05) is 0 Å². The van der Waals surface area contributed by atoms with Crippen molar-refractivity contribution in [2.24, 2.45) is 0 Å². The molecule has 16 heavy (non-hydrogen) atoms. The van der Waals surface area contributed by atoms with Crippen LogP contribution < -0.4 is 0 Å². The summed E-state index contributed by atoms with van der Waals surface area (Å²) in [4.78, 5) is 31.9. The highest BCUT2D eigenvalue weighted by molar-refractivity contribution is 6.00. The zero-order valence-electron chi connectivity index (χ0n) is 8.68. The first kappa shape index (κ1) is 11.8. The molecule has 0 spiro atoms. The van der Waals surface area contributed by atoms with E-state index in [-0.39, 0.29) is 16.9 Å². The van der Waals surface area contributed by atoms with Gasteiger partial charge in [0.2, 0.25) is 0 Å². The summed E-state index contributed by atoms with van der Waals surface area (Å²) in [6, 6.07) is 2.36. The molecule has 0 unspecified atom stereocenters. The zero-order chi connectivity index (χ0) is 12.5. The largest absolute Gasteiger partial charge is 0.477 e. The summed E-state index contributed by atoms with van der Waals surface area (Å²) in [5, 5.41) is 19.5. The first-order chi connectivity index (χ1) is 7.36. The number of carbonyl (C=O) groups excluding carboxylic acids is 1. The molecule has 0 saturated heterocycles. The maximum atomic E-state index is 11.2. The summed E-state index contributed by atoms with van der Waals surface area (Å²) in [6.07, 6.45) is 0. The van der Waals surface area contributed by atoms with Crippen LogP contribution in [0.2, 0.25) is 0 Å². The minimum absolute atomic E-state index is 0.0809. The maximum absolute atomic E-state index is 11.2. The van der Waals surface area contributed by atoms with Crippen LogP contribution in [0.25, 0.3) is 0 Å². The molecule has 6 heteroatoms. The number of hydrogen-bond donors (Lipinski definition) is 1. The van der Waals surface area contributed by atoms with E-state index in [9.17, 15) is 19.7 Å². The molecule has 0 aromatic heterocycles. The molecule has 84 valence electrons. The molecule has 0 aliphatic rings.